The number of benzene rings is 2. The number of carbonyl (C=O) groups is 1. The molecule has 0 unspecified atom stereocenters. The fourth-order valence-corrected chi connectivity index (χ4v) is 2.83. The summed E-state index contributed by atoms with van der Waals surface area (Å²) >= 11 is 0. The van der Waals surface area contributed by atoms with Gasteiger partial charge in [-0.25, -0.2) is 4.79 Å². The number of nitrogens with zero attached hydrogens (tertiary/aromatic N) is 2. The van der Waals surface area contributed by atoms with E-state index in [0.29, 0.717) is 0 Å². The number of carbonyl (C=O) groups excluding carboxylic acids is 1. The zero-order valence-corrected chi connectivity index (χ0v) is 14.5. The van der Waals surface area contributed by atoms with Gasteiger partial charge in [-0.3, -0.25) is 4.98 Å². The number of urea groups is 1. The smallest absolute Gasteiger partial charge is 0.323 e. The number of hydrogen-bond acceptors (Lipinski definition) is 3. The van der Waals surface area contributed by atoms with Gasteiger partial charge < -0.3 is 15.5 Å². The predicted octanol–water partition coefficient (Wildman–Crippen LogP) is 4.73. The summed E-state index contributed by atoms with van der Waals surface area (Å²) in [6.07, 6.45) is 1.69. The van der Waals surface area contributed by atoms with Gasteiger partial charge in [-0.05, 0) is 50.2 Å². The molecule has 2 N–H and O–H groups in total. The largest absolute Gasteiger partial charge is 0.372 e. The third kappa shape index (κ3) is 3.88. The van der Waals surface area contributed by atoms with Crippen molar-refractivity contribution < 1.29 is 4.79 Å². The molecule has 0 aliphatic heterocycles. The average molecular weight is 334 g/mol. The third-order valence-electron chi connectivity index (χ3n) is 4.15. The quantitative estimate of drug-likeness (QED) is 0.709. The van der Waals surface area contributed by atoms with E-state index in [1.165, 1.54) is 0 Å². The van der Waals surface area contributed by atoms with Gasteiger partial charge in [0.15, 0.2) is 0 Å². The van der Waals surface area contributed by atoms with E-state index in [1.807, 2.05) is 48.5 Å². The molecule has 0 aliphatic rings. The highest BCUT2D eigenvalue weighted by Gasteiger charge is 2.07. The van der Waals surface area contributed by atoms with E-state index in [4.69, 9.17) is 0 Å². The lowest BCUT2D eigenvalue weighted by atomic mass is 10.2. The highest BCUT2D eigenvalue weighted by atomic mass is 16.2. The number of anilines is 3. The fourth-order valence-electron chi connectivity index (χ4n) is 2.83. The van der Waals surface area contributed by atoms with Crippen LogP contribution in [0.1, 0.15) is 13.8 Å². The minimum Gasteiger partial charge on any atom is -0.372 e. The first-order valence-electron chi connectivity index (χ1n) is 8.48. The number of aromatic nitrogens is 1. The fraction of sp³-hybridized carbons (Fsp3) is 0.200. The Morgan fingerprint density at radius 3 is 2.40 bits per heavy atom. The Morgan fingerprint density at radius 2 is 1.68 bits per heavy atom. The molecule has 0 spiro atoms. The van der Waals surface area contributed by atoms with Crippen LogP contribution in [0.15, 0.2) is 60.8 Å². The minimum atomic E-state index is -0.271. The van der Waals surface area contributed by atoms with Crippen LogP contribution in [0.3, 0.4) is 0 Å². The van der Waals surface area contributed by atoms with E-state index >= 15 is 0 Å². The van der Waals surface area contributed by atoms with Crippen LogP contribution in [0.4, 0.5) is 21.9 Å². The molecule has 0 saturated carbocycles. The van der Waals surface area contributed by atoms with Gasteiger partial charge in [0.1, 0.15) is 0 Å². The zero-order valence-electron chi connectivity index (χ0n) is 14.5. The van der Waals surface area contributed by atoms with E-state index in [2.05, 4.69) is 34.4 Å². The maximum absolute atomic E-state index is 12.3. The minimum absolute atomic E-state index is 0.271. The summed E-state index contributed by atoms with van der Waals surface area (Å²) in [4.78, 5) is 18.9. The van der Waals surface area contributed by atoms with Crippen LogP contribution in [0, 0.1) is 0 Å². The maximum atomic E-state index is 12.3. The van der Waals surface area contributed by atoms with Gasteiger partial charge in [0, 0.05) is 36.0 Å². The molecule has 0 fully saturated rings. The lowest BCUT2D eigenvalue weighted by Crippen LogP contribution is -2.22. The molecule has 5 heteroatoms. The van der Waals surface area contributed by atoms with Crippen LogP contribution in [0.25, 0.3) is 10.9 Å². The molecule has 1 aromatic heterocycles. The second-order valence-electron chi connectivity index (χ2n) is 5.67. The summed E-state index contributed by atoms with van der Waals surface area (Å²) in [5.74, 6) is 0. The standard InChI is InChI=1S/C20H22N4O/c1-3-24(4-2)16-11-9-15(10-12-16)22-20(25)23-19-13-14-21-18-8-6-5-7-17(18)19/h5-14H,3-4H2,1-2H3,(H2,21,22,23,25). The van der Waals surface area contributed by atoms with E-state index in [-0.39, 0.29) is 6.03 Å². The lowest BCUT2D eigenvalue weighted by Gasteiger charge is -2.21. The average Bonchev–Trinajstić information content (AvgIpc) is 2.64. The number of hydrogen-bond donors (Lipinski definition) is 2. The first-order valence-corrected chi connectivity index (χ1v) is 8.48. The van der Waals surface area contributed by atoms with Crippen LogP contribution < -0.4 is 15.5 Å². The molecule has 0 bridgehead atoms. The van der Waals surface area contributed by atoms with Crippen molar-refractivity contribution >= 4 is 34.0 Å². The number of para-hydroxylation sites is 1. The van der Waals surface area contributed by atoms with Gasteiger partial charge in [-0.15, -0.1) is 0 Å². The Kier molecular flexibility index (Phi) is 5.14. The summed E-state index contributed by atoms with van der Waals surface area (Å²) in [6, 6.07) is 17.1. The molecule has 3 aromatic rings. The second-order valence-corrected chi connectivity index (χ2v) is 5.67. The van der Waals surface area contributed by atoms with Crippen LogP contribution in [0.5, 0.6) is 0 Å². The summed E-state index contributed by atoms with van der Waals surface area (Å²) < 4.78 is 0. The first-order chi connectivity index (χ1) is 12.2. The van der Waals surface area contributed by atoms with Crippen LogP contribution in [-0.4, -0.2) is 24.1 Å². The number of amides is 2. The lowest BCUT2D eigenvalue weighted by molar-refractivity contribution is 0.262. The molecule has 0 aliphatic carbocycles. The molecular weight excluding hydrogens is 312 g/mol. The SMILES string of the molecule is CCN(CC)c1ccc(NC(=O)Nc2ccnc3ccccc23)cc1. The predicted molar refractivity (Wildman–Crippen MR) is 104 cm³/mol. The van der Waals surface area contributed by atoms with Crippen molar-refractivity contribution in [3.63, 3.8) is 0 Å². The molecule has 0 atom stereocenters. The van der Waals surface area contributed by atoms with E-state index < -0.39 is 0 Å². The molecule has 1 heterocycles. The van der Waals surface area contributed by atoms with Gasteiger partial charge in [0.05, 0.1) is 11.2 Å². The van der Waals surface area contributed by atoms with E-state index in [1.54, 1.807) is 12.3 Å². The van der Waals surface area contributed by atoms with E-state index in [9.17, 15) is 4.79 Å². The summed E-state index contributed by atoms with van der Waals surface area (Å²) in [5, 5.41) is 6.67. The highest BCUT2D eigenvalue weighted by Crippen LogP contribution is 2.22. The third-order valence-corrected chi connectivity index (χ3v) is 4.15. The maximum Gasteiger partial charge on any atom is 0.323 e. The molecule has 0 saturated heterocycles. The Balaban J connectivity index is 1.70. The molecule has 25 heavy (non-hydrogen) atoms. The Hall–Kier alpha value is -3.08. The van der Waals surface area contributed by atoms with Gasteiger partial charge in [0.2, 0.25) is 0 Å². The monoisotopic (exact) mass is 334 g/mol. The molecular formula is C20H22N4O. The van der Waals surface area contributed by atoms with E-state index in [0.717, 1.165) is 41.1 Å². The molecule has 128 valence electrons. The van der Waals surface area contributed by atoms with Crippen molar-refractivity contribution in [1.82, 2.24) is 4.98 Å². The zero-order chi connectivity index (χ0) is 17.6. The second kappa shape index (κ2) is 7.66. The Morgan fingerprint density at radius 1 is 0.960 bits per heavy atom. The van der Waals surface area contributed by atoms with Crippen LogP contribution >= 0.6 is 0 Å². The molecule has 0 radical (unpaired) electrons. The first kappa shape index (κ1) is 16.8. The van der Waals surface area contributed by atoms with Crippen molar-refractivity contribution in [3.05, 3.63) is 60.8 Å². The highest BCUT2D eigenvalue weighted by molar-refractivity contribution is 6.05. The number of fused-ring (bicyclic) bond motifs is 1. The molecule has 3 rings (SSSR count). The normalized spacial score (nSPS) is 10.5. The molecule has 2 aromatic carbocycles. The van der Waals surface area contributed by atoms with Crippen molar-refractivity contribution in [2.75, 3.05) is 28.6 Å². The summed E-state index contributed by atoms with van der Waals surface area (Å²) in [6.45, 7) is 6.17. The van der Waals surface area contributed by atoms with Gasteiger partial charge in [-0.1, -0.05) is 18.2 Å². The molecule has 5 nitrogen and oxygen atoms in total. The number of rotatable bonds is 5. The Labute approximate surface area is 147 Å². The summed E-state index contributed by atoms with van der Waals surface area (Å²) in [5.41, 5.74) is 3.49. The van der Waals surface area contributed by atoms with Gasteiger partial charge >= 0.3 is 6.03 Å². The van der Waals surface area contributed by atoms with Crippen LogP contribution in [0.2, 0.25) is 0 Å². The van der Waals surface area contributed by atoms with Crippen molar-refractivity contribution in [3.8, 4) is 0 Å². The number of nitrogens with one attached hydrogen (secondary N) is 2. The number of pyridine rings is 1. The van der Waals surface area contributed by atoms with Crippen molar-refractivity contribution in [1.29, 1.82) is 0 Å². The Bertz CT molecular complexity index is 852. The van der Waals surface area contributed by atoms with Crippen LogP contribution in [-0.2, 0) is 0 Å². The van der Waals surface area contributed by atoms with Crippen molar-refractivity contribution in [2.24, 2.45) is 0 Å². The van der Waals surface area contributed by atoms with Crippen molar-refractivity contribution in [2.45, 2.75) is 13.8 Å². The topological polar surface area (TPSA) is 57.3 Å². The molecule has 2 amide bonds. The van der Waals surface area contributed by atoms with Gasteiger partial charge in [-0.2, -0.15) is 0 Å². The summed E-state index contributed by atoms with van der Waals surface area (Å²) in [7, 11) is 0. The van der Waals surface area contributed by atoms with Gasteiger partial charge in [0.25, 0.3) is 0 Å².